The van der Waals surface area contributed by atoms with Crippen molar-refractivity contribution in [2.45, 2.75) is 37.6 Å². The van der Waals surface area contributed by atoms with Gasteiger partial charge in [-0.05, 0) is 29.5 Å². The number of hydrogen-bond donors (Lipinski definition) is 0. The van der Waals surface area contributed by atoms with Gasteiger partial charge in [-0.1, -0.05) is 54.6 Å². The molecule has 0 bridgehead atoms. The monoisotopic (exact) mass is 362 g/mol. The lowest BCUT2D eigenvalue weighted by molar-refractivity contribution is -0.122. The Hall–Kier alpha value is -2.66. The van der Waals surface area contributed by atoms with Gasteiger partial charge in [-0.15, -0.1) is 0 Å². The third kappa shape index (κ3) is 2.92. The average molecular weight is 362 g/mol. The van der Waals surface area contributed by atoms with Crippen LogP contribution in [0.4, 0.5) is 0 Å². The van der Waals surface area contributed by atoms with E-state index in [0.717, 1.165) is 31.5 Å². The first-order valence-electron chi connectivity index (χ1n) is 9.54. The minimum Gasteiger partial charge on any atom is -0.451 e. The molecular weight excluding hydrogens is 340 g/mol. The summed E-state index contributed by atoms with van der Waals surface area (Å²) in [5.41, 5.74) is 3.50. The lowest BCUT2D eigenvalue weighted by Crippen LogP contribution is -2.45. The van der Waals surface area contributed by atoms with Crippen LogP contribution >= 0.6 is 0 Å². The van der Waals surface area contributed by atoms with Gasteiger partial charge >= 0.3 is 0 Å². The fraction of sp³-hybridized carbons (Fsp3) is 0.364. The molecule has 5 heteroatoms. The van der Waals surface area contributed by atoms with Crippen LogP contribution in [-0.2, 0) is 32.9 Å². The number of hydrogen-bond acceptors (Lipinski definition) is 4. The molecule has 2 aromatic rings. The molecule has 0 aliphatic carbocycles. The second-order valence-electron chi connectivity index (χ2n) is 7.46. The van der Waals surface area contributed by atoms with E-state index in [4.69, 9.17) is 9.47 Å². The molecule has 2 aromatic carbocycles. The van der Waals surface area contributed by atoms with Crippen molar-refractivity contribution in [3.8, 4) is 0 Å². The standard InChI is InChI=1S/C22H22N2O3/c25-20-19(14-16-6-2-1-3-7-16)27-21(23-20)24-12-10-22(11-13-24)18-9-5-4-8-17(18)15-26-22/h1-9,19H,10-15H2/t19-/m0/s1. The summed E-state index contributed by atoms with van der Waals surface area (Å²) in [7, 11) is 0. The van der Waals surface area contributed by atoms with Gasteiger partial charge in [-0.2, -0.15) is 4.99 Å². The molecule has 3 heterocycles. The molecule has 27 heavy (non-hydrogen) atoms. The third-order valence-corrected chi connectivity index (χ3v) is 5.85. The minimum absolute atomic E-state index is 0.184. The van der Waals surface area contributed by atoms with Crippen molar-refractivity contribution in [3.63, 3.8) is 0 Å². The number of aliphatic imine (C=N–C) groups is 1. The van der Waals surface area contributed by atoms with Gasteiger partial charge in [0.25, 0.3) is 11.9 Å². The second-order valence-corrected chi connectivity index (χ2v) is 7.46. The molecule has 1 amide bonds. The van der Waals surface area contributed by atoms with Crippen molar-refractivity contribution >= 4 is 11.9 Å². The zero-order chi connectivity index (χ0) is 18.3. The molecule has 5 rings (SSSR count). The average Bonchev–Trinajstić information content (AvgIpc) is 3.25. The molecule has 138 valence electrons. The molecule has 1 atom stereocenters. The van der Waals surface area contributed by atoms with Gasteiger partial charge in [-0.25, -0.2) is 0 Å². The topological polar surface area (TPSA) is 51.1 Å². The number of rotatable bonds is 2. The van der Waals surface area contributed by atoms with Gasteiger partial charge in [0.2, 0.25) is 0 Å². The van der Waals surface area contributed by atoms with Crippen LogP contribution in [-0.4, -0.2) is 36.0 Å². The molecule has 0 aromatic heterocycles. The number of piperidine rings is 1. The maximum absolute atomic E-state index is 12.3. The van der Waals surface area contributed by atoms with Crippen molar-refractivity contribution in [2.24, 2.45) is 4.99 Å². The normalized spacial score (nSPS) is 23.3. The summed E-state index contributed by atoms with van der Waals surface area (Å²) in [4.78, 5) is 18.6. The molecule has 1 saturated heterocycles. The summed E-state index contributed by atoms with van der Waals surface area (Å²) in [6, 6.07) is 18.9. The zero-order valence-electron chi connectivity index (χ0n) is 15.1. The highest BCUT2D eigenvalue weighted by atomic mass is 16.5. The van der Waals surface area contributed by atoms with Gasteiger partial charge in [0.1, 0.15) is 0 Å². The van der Waals surface area contributed by atoms with Crippen molar-refractivity contribution < 1.29 is 14.3 Å². The Morgan fingerprint density at radius 3 is 2.59 bits per heavy atom. The van der Waals surface area contributed by atoms with E-state index in [-0.39, 0.29) is 11.5 Å². The predicted molar refractivity (Wildman–Crippen MR) is 101 cm³/mol. The fourth-order valence-electron chi connectivity index (χ4n) is 4.33. The summed E-state index contributed by atoms with van der Waals surface area (Å²) < 4.78 is 12.1. The predicted octanol–water partition coefficient (Wildman–Crippen LogP) is 3.03. The molecule has 3 aliphatic rings. The quantitative estimate of drug-likeness (QED) is 0.824. The maximum atomic E-state index is 12.3. The maximum Gasteiger partial charge on any atom is 0.296 e. The molecule has 0 saturated carbocycles. The number of fused-ring (bicyclic) bond motifs is 2. The first-order valence-corrected chi connectivity index (χ1v) is 9.54. The van der Waals surface area contributed by atoms with Crippen LogP contribution in [0.25, 0.3) is 0 Å². The van der Waals surface area contributed by atoms with Crippen LogP contribution in [0.2, 0.25) is 0 Å². The summed E-state index contributed by atoms with van der Waals surface area (Å²) in [6.07, 6.45) is 1.80. The SMILES string of the molecule is O=C1N=C(N2CCC3(CC2)OCc2ccccc23)O[C@H]1Cc1ccccc1. The Morgan fingerprint density at radius 1 is 1.04 bits per heavy atom. The lowest BCUT2D eigenvalue weighted by atomic mass is 9.84. The number of benzene rings is 2. The molecule has 0 N–H and O–H groups in total. The van der Waals surface area contributed by atoms with Crippen molar-refractivity contribution in [1.29, 1.82) is 0 Å². The number of amides is 1. The van der Waals surface area contributed by atoms with Crippen LogP contribution in [0.5, 0.6) is 0 Å². The Kier molecular flexibility index (Phi) is 3.97. The molecule has 0 radical (unpaired) electrons. The molecule has 0 unspecified atom stereocenters. The molecule has 1 fully saturated rings. The number of amidine groups is 1. The summed E-state index contributed by atoms with van der Waals surface area (Å²) in [5, 5.41) is 0. The number of carbonyl (C=O) groups is 1. The molecule has 5 nitrogen and oxygen atoms in total. The van der Waals surface area contributed by atoms with Gasteiger partial charge in [0, 0.05) is 19.5 Å². The number of carbonyl (C=O) groups excluding carboxylic acids is 1. The van der Waals surface area contributed by atoms with Gasteiger partial charge < -0.3 is 14.4 Å². The van der Waals surface area contributed by atoms with Crippen molar-refractivity contribution in [2.75, 3.05) is 13.1 Å². The van der Waals surface area contributed by atoms with Crippen LogP contribution < -0.4 is 0 Å². The van der Waals surface area contributed by atoms with Crippen molar-refractivity contribution in [1.82, 2.24) is 4.90 Å². The highest BCUT2D eigenvalue weighted by Crippen LogP contribution is 2.44. The van der Waals surface area contributed by atoms with Crippen LogP contribution in [0.1, 0.15) is 29.5 Å². The van der Waals surface area contributed by atoms with Gasteiger partial charge in [-0.3, -0.25) is 4.79 Å². The Balaban J connectivity index is 1.25. The Bertz CT molecular complexity index is 885. The van der Waals surface area contributed by atoms with E-state index in [1.807, 2.05) is 30.3 Å². The zero-order valence-corrected chi connectivity index (χ0v) is 15.1. The summed E-state index contributed by atoms with van der Waals surface area (Å²) in [6.45, 7) is 2.24. The Labute approximate surface area is 158 Å². The Morgan fingerprint density at radius 2 is 1.78 bits per heavy atom. The smallest absolute Gasteiger partial charge is 0.296 e. The number of nitrogens with zero attached hydrogens (tertiary/aromatic N) is 2. The van der Waals surface area contributed by atoms with Crippen molar-refractivity contribution in [3.05, 3.63) is 71.3 Å². The van der Waals surface area contributed by atoms with Gasteiger partial charge in [0.15, 0.2) is 6.10 Å². The first-order chi connectivity index (χ1) is 13.2. The highest BCUT2D eigenvalue weighted by molar-refractivity contribution is 5.98. The van der Waals surface area contributed by atoms with E-state index >= 15 is 0 Å². The van der Waals surface area contributed by atoms with Crippen LogP contribution in [0.15, 0.2) is 59.6 Å². The second kappa shape index (κ2) is 6.50. The van der Waals surface area contributed by atoms with Crippen LogP contribution in [0.3, 0.4) is 0 Å². The van der Waals surface area contributed by atoms with E-state index in [1.165, 1.54) is 11.1 Å². The first kappa shape index (κ1) is 16.5. The summed E-state index contributed by atoms with van der Waals surface area (Å²) >= 11 is 0. The van der Waals surface area contributed by atoms with E-state index in [2.05, 4.69) is 34.2 Å². The molecule has 1 spiro atoms. The fourth-order valence-corrected chi connectivity index (χ4v) is 4.33. The molecule has 3 aliphatic heterocycles. The number of ether oxygens (including phenoxy) is 2. The van der Waals surface area contributed by atoms with Crippen LogP contribution in [0, 0.1) is 0 Å². The largest absolute Gasteiger partial charge is 0.451 e. The van der Waals surface area contributed by atoms with Gasteiger partial charge in [0.05, 0.1) is 12.2 Å². The molecular formula is C22H22N2O3. The highest BCUT2D eigenvalue weighted by Gasteiger charge is 2.44. The number of likely N-dealkylation sites (tertiary alicyclic amines) is 1. The third-order valence-electron chi connectivity index (χ3n) is 5.85. The van der Waals surface area contributed by atoms with E-state index < -0.39 is 6.10 Å². The van der Waals surface area contributed by atoms with E-state index in [0.29, 0.717) is 19.0 Å². The van der Waals surface area contributed by atoms with E-state index in [1.54, 1.807) is 0 Å². The lowest BCUT2D eigenvalue weighted by Gasteiger charge is -2.39. The minimum atomic E-state index is -0.512. The summed E-state index contributed by atoms with van der Waals surface area (Å²) in [5.74, 6) is -0.184. The van der Waals surface area contributed by atoms with E-state index in [9.17, 15) is 4.79 Å².